The Hall–Kier alpha value is -6.59. The monoisotopic (exact) mass is 774 g/mol. The first-order valence-electron chi connectivity index (χ1n) is 20.0. The van der Waals surface area contributed by atoms with Gasteiger partial charge < -0.3 is 9.13 Å². The predicted octanol–water partition coefficient (Wildman–Crippen LogP) is 15.1. The van der Waals surface area contributed by atoms with Crippen LogP contribution in [0.15, 0.2) is 199 Å². The third-order valence-corrected chi connectivity index (χ3v) is 15.1. The summed E-state index contributed by atoms with van der Waals surface area (Å²) in [7, 11) is 0. The minimum atomic E-state index is 0.251. The van der Waals surface area contributed by atoms with Gasteiger partial charge >= 0.3 is 0 Å². The Bertz CT molecular complexity index is 3560. The summed E-state index contributed by atoms with van der Waals surface area (Å²) in [5, 5.41) is 8.05. The van der Waals surface area contributed by atoms with Crippen LogP contribution >= 0.6 is 23.1 Å². The van der Waals surface area contributed by atoms with Gasteiger partial charge in [0, 0.05) is 74.7 Å². The lowest BCUT2D eigenvalue weighted by Gasteiger charge is -2.27. The molecule has 0 radical (unpaired) electrons. The quantitative estimate of drug-likeness (QED) is 0.173. The van der Waals surface area contributed by atoms with Crippen LogP contribution in [0.2, 0.25) is 0 Å². The Morgan fingerprint density at radius 3 is 2.03 bits per heavy atom. The van der Waals surface area contributed by atoms with E-state index in [0.717, 1.165) is 0 Å². The van der Waals surface area contributed by atoms with Gasteiger partial charge in [0.25, 0.3) is 0 Å². The second kappa shape index (κ2) is 12.5. The van der Waals surface area contributed by atoms with Crippen molar-refractivity contribution in [3.05, 3.63) is 205 Å². The second-order valence-corrected chi connectivity index (χ2v) is 17.8. The number of hydrogen-bond acceptors (Lipinski definition) is 2. The van der Waals surface area contributed by atoms with E-state index in [0.29, 0.717) is 5.25 Å². The highest BCUT2D eigenvalue weighted by Gasteiger charge is 2.38. The van der Waals surface area contributed by atoms with Crippen LogP contribution in [-0.4, -0.2) is 14.4 Å². The third kappa shape index (κ3) is 4.61. The zero-order chi connectivity index (χ0) is 37.9. The summed E-state index contributed by atoms with van der Waals surface area (Å²) in [5.74, 6) is 0.251. The number of hydrogen-bond donors (Lipinski definition) is 0. The Balaban J connectivity index is 1.08. The minimum Gasteiger partial charge on any atom is -0.310 e. The van der Waals surface area contributed by atoms with E-state index in [1.54, 1.807) is 0 Å². The van der Waals surface area contributed by atoms with E-state index in [4.69, 9.17) is 0 Å². The fraction of sp³-hybridized carbons (Fsp3) is 0.0370. The summed E-state index contributed by atoms with van der Waals surface area (Å²) in [4.78, 5) is 1.38. The SMILES string of the molecule is C1=C(c2ccc3sc4ccccc4c3c2)C2Sc3ccccc3C2C=C1n1c2ccccc2c2c(-c3cccc4c5ccccc5n(-c5ccccc5)c34)cccc21. The standard InChI is InChI=1S/C54H34N2S2/c1-2-14-34(15-3-1)56-46-23-8-4-16-36(46)40-21-12-22-41(53(40)56)39-20-13-25-48-52(39)42-19-5-9-24-47(42)55(48)35-31-43(54-45(32-35)38-18-7-11-27-50(38)58-54)33-28-29-51-44(30-33)37-17-6-10-26-49(37)57-51/h1-32,45,54H. The van der Waals surface area contributed by atoms with Gasteiger partial charge in [-0.15, -0.1) is 23.1 Å². The van der Waals surface area contributed by atoms with Crippen molar-refractivity contribution in [3.63, 3.8) is 0 Å². The molecule has 58 heavy (non-hydrogen) atoms. The molecule has 4 heterocycles. The summed E-state index contributed by atoms with van der Waals surface area (Å²) in [6, 6.07) is 67.5. The van der Waals surface area contributed by atoms with Crippen molar-refractivity contribution in [1.82, 2.24) is 9.13 Å². The number of benzene rings is 8. The zero-order valence-electron chi connectivity index (χ0n) is 31.3. The Labute approximate surface area is 343 Å². The molecule has 0 spiro atoms. The molecule has 1 aliphatic carbocycles. The lowest BCUT2D eigenvalue weighted by molar-refractivity contribution is 0.888. The maximum atomic E-state index is 2.55. The van der Waals surface area contributed by atoms with Gasteiger partial charge in [-0.25, -0.2) is 0 Å². The Morgan fingerprint density at radius 1 is 0.466 bits per heavy atom. The van der Waals surface area contributed by atoms with E-state index in [9.17, 15) is 0 Å². The van der Waals surface area contributed by atoms with Gasteiger partial charge in [0.1, 0.15) is 0 Å². The average molecular weight is 775 g/mol. The van der Waals surface area contributed by atoms with E-state index in [1.807, 2.05) is 23.1 Å². The molecule has 13 rings (SSSR count). The molecule has 11 aromatic rings. The molecule has 0 saturated heterocycles. The molecule has 0 amide bonds. The van der Waals surface area contributed by atoms with Crippen LogP contribution in [0.1, 0.15) is 17.0 Å². The molecule has 0 N–H and O–H groups in total. The summed E-state index contributed by atoms with van der Waals surface area (Å²) in [5.41, 5.74) is 13.9. The number of aromatic nitrogens is 2. The third-order valence-electron chi connectivity index (χ3n) is 12.5. The second-order valence-electron chi connectivity index (χ2n) is 15.5. The topological polar surface area (TPSA) is 9.86 Å². The molecule has 0 bridgehead atoms. The molecule has 2 nitrogen and oxygen atoms in total. The van der Waals surface area contributed by atoms with Gasteiger partial charge in [-0.1, -0.05) is 133 Å². The van der Waals surface area contributed by atoms with Crippen LogP contribution in [0.25, 0.3) is 91.9 Å². The van der Waals surface area contributed by atoms with E-state index in [-0.39, 0.29) is 5.92 Å². The van der Waals surface area contributed by atoms with Crippen LogP contribution in [-0.2, 0) is 0 Å². The number of allylic oxidation sites excluding steroid dienone is 3. The number of rotatable bonds is 4. The largest absolute Gasteiger partial charge is 0.310 e. The molecule has 4 heteroatoms. The maximum Gasteiger partial charge on any atom is 0.0619 e. The molecule has 272 valence electrons. The first kappa shape index (κ1) is 32.5. The van der Waals surface area contributed by atoms with Gasteiger partial charge in [0.15, 0.2) is 0 Å². The van der Waals surface area contributed by atoms with E-state index in [2.05, 4.69) is 203 Å². The zero-order valence-corrected chi connectivity index (χ0v) is 33.0. The number of nitrogens with zero attached hydrogens (tertiary/aromatic N) is 2. The van der Waals surface area contributed by atoms with Gasteiger partial charge in [-0.05, 0) is 82.9 Å². The summed E-state index contributed by atoms with van der Waals surface area (Å²) >= 11 is 3.91. The minimum absolute atomic E-state index is 0.251. The molecule has 2 unspecified atom stereocenters. The fourth-order valence-electron chi connectivity index (χ4n) is 10.0. The van der Waals surface area contributed by atoms with Crippen LogP contribution < -0.4 is 0 Å². The van der Waals surface area contributed by atoms with Crippen molar-refractivity contribution < 1.29 is 0 Å². The van der Waals surface area contributed by atoms with Gasteiger partial charge in [-0.2, -0.15) is 0 Å². The molecule has 8 aromatic carbocycles. The Kier molecular flexibility index (Phi) is 6.98. The Morgan fingerprint density at radius 2 is 1.14 bits per heavy atom. The molecular weight excluding hydrogens is 741 g/mol. The van der Waals surface area contributed by atoms with Gasteiger partial charge in [0.05, 0.1) is 22.1 Å². The maximum absolute atomic E-state index is 2.55. The highest BCUT2D eigenvalue weighted by atomic mass is 32.2. The highest BCUT2D eigenvalue weighted by Crippen LogP contribution is 2.55. The van der Waals surface area contributed by atoms with Crippen LogP contribution in [0.4, 0.5) is 0 Å². The summed E-state index contributed by atoms with van der Waals surface area (Å²) in [6.45, 7) is 0. The molecule has 1 aliphatic heterocycles. The predicted molar refractivity (Wildman–Crippen MR) is 250 cm³/mol. The van der Waals surface area contributed by atoms with Crippen molar-refractivity contribution in [2.24, 2.45) is 0 Å². The molecular formula is C54H34N2S2. The van der Waals surface area contributed by atoms with Crippen LogP contribution in [0, 0.1) is 0 Å². The van der Waals surface area contributed by atoms with Crippen molar-refractivity contribution in [2.45, 2.75) is 16.1 Å². The lowest BCUT2D eigenvalue weighted by Crippen LogP contribution is -2.16. The smallest absolute Gasteiger partial charge is 0.0619 e. The molecule has 2 atom stereocenters. The van der Waals surface area contributed by atoms with E-state index < -0.39 is 0 Å². The molecule has 0 saturated carbocycles. The molecule has 3 aromatic heterocycles. The number of para-hydroxylation sites is 4. The van der Waals surface area contributed by atoms with Crippen molar-refractivity contribution in [3.8, 4) is 16.8 Å². The first-order chi connectivity index (χ1) is 28.8. The molecule has 2 aliphatic rings. The average Bonchev–Trinajstić information content (AvgIpc) is 4.04. The normalized spacial score (nSPS) is 16.4. The first-order valence-corrected chi connectivity index (χ1v) is 21.7. The molecule has 0 fully saturated rings. The van der Waals surface area contributed by atoms with Crippen molar-refractivity contribution >= 4 is 98.2 Å². The van der Waals surface area contributed by atoms with Gasteiger partial charge in [0.2, 0.25) is 0 Å². The van der Waals surface area contributed by atoms with Crippen molar-refractivity contribution in [1.29, 1.82) is 0 Å². The highest BCUT2D eigenvalue weighted by molar-refractivity contribution is 8.00. The van der Waals surface area contributed by atoms with E-state index >= 15 is 0 Å². The number of thioether (sulfide) groups is 1. The lowest BCUT2D eigenvalue weighted by atomic mass is 9.84. The fourth-order valence-corrected chi connectivity index (χ4v) is 12.6. The van der Waals surface area contributed by atoms with Crippen molar-refractivity contribution in [2.75, 3.05) is 0 Å². The van der Waals surface area contributed by atoms with Gasteiger partial charge in [-0.3, -0.25) is 0 Å². The summed E-state index contributed by atoms with van der Waals surface area (Å²) < 4.78 is 7.68. The number of thiophene rings is 1. The van der Waals surface area contributed by atoms with Crippen LogP contribution in [0.5, 0.6) is 0 Å². The van der Waals surface area contributed by atoms with Crippen LogP contribution in [0.3, 0.4) is 0 Å². The summed E-state index contributed by atoms with van der Waals surface area (Å²) in [6.07, 6.45) is 5.06. The number of fused-ring (bicyclic) bond motifs is 12. The van der Waals surface area contributed by atoms with E-state index in [1.165, 1.54) is 108 Å².